The van der Waals surface area contributed by atoms with E-state index in [1.807, 2.05) is 0 Å². The molecule has 0 bridgehead atoms. The summed E-state index contributed by atoms with van der Waals surface area (Å²) >= 11 is 0.804. The van der Waals surface area contributed by atoms with Gasteiger partial charge in [0.1, 0.15) is 22.3 Å². The Morgan fingerprint density at radius 2 is 1.94 bits per heavy atom. The van der Waals surface area contributed by atoms with Crippen molar-refractivity contribution in [1.29, 1.82) is 0 Å². The van der Waals surface area contributed by atoms with Crippen molar-refractivity contribution in [3.05, 3.63) is 50.6 Å². The molecule has 2 N–H and O–H groups in total. The van der Waals surface area contributed by atoms with Crippen LogP contribution in [0.1, 0.15) is 39.9 Å². The number of halogens is 3. The number of alkyl halides is 3. The molecule has 4 aromatic heterocycles. The third-order valence-corrected chi connectivity index (χ3v) is 5.18. The van der Waals surface area contributed by atoms with Crippen molar-refractivity contribution < 1.29 is 27.8 Å². The maximum Gasteiger partial charge on any atom is 0.418 e. The number of carboxylic acid groups (broad SMARTS) is 1. The van der Waals surface area contributed by atoms with Crippen LogP contribution in [0.25, 0.3) is 21.4 Å². The highest BCUT2D eigenvalue weighted by atomic mass is 32.1. The molecule has 31 heavy (non-hydrogen) atoms. The fraction of sp³-hybridized carbons (Fsp3) is 0.222. The summed E-state index contributed by atoms with van der Waals surface area (Å²) in [7, 11) is 0. The van der Waals surface area contributed by atoms with Crippen LogP contribution in [-0.2, 0) is 6.18 Å². The molecule has 0 saturated heterocycles. The Morgan fingerprint density at radius 3 is 2.61 bits per heavy atom. The second-order valence-corrected chi connectivity index (χ2v) is 7.47. The molecule has 0 spiro atoms. The highest BCUT2D eigenvalue weighted by Crippen LogP contribution is 2.36. The van der Waals surface area contributed by atoms with Gasteiger partial charge in [-0.3, -0.25) is 4.79 Å². The van der Waals surface area contributed by atoms with Gasteiger partial charge in [0.05, 0.1) is 16.8 Å². The monoisotopic (exact) mass is 451 g/mol. The Bertz CT molecular complexity index is 1400. The van der Waals surface area contributed by atoms with E-state index in [2.05, 4.69) is 24.9 Å². The zero-order chi connectivity index (χ0) is 22.5. The second kappa shape index (κ2) is 7.27. The average Bonchev–Trinajstić information content (AvgIpc) is 3.10. The number of ether oxygens (including phenoxy) is 1. The van der Waals surface area contributed by atoms with Crippen molar-refractivity contribution in [2.75, 3.05) is 0 Å². The lowest BCUT2D eigenvalue weighted by Crippen LogP contribution is -2.19. The Hall–Kier alpha value is -3.61. The van der Waals surface area contributed by atoms with E-state index in [1.165, 1.54) is 26.0 Å². The number of aromatic carboxylic acids is 1. The molecule has 0 fully saturated rings. The van der Waals surface area contributed by atoms with Crippen LogP contribution >= 0.6 is 11.3 Å². The molecule has 1 atom stereocenters. The number of aromatic amines is 1. The Labute approximate surface area is 174 Å². The maximum atomic E-state index is 13.7. The first kappa shape index (κ1) is 20.7. The first-order valence-electron chi connectivity index (χ1n) is 8.69. The summed E-state index contributed by atoms with van der Waals surface area (Å²) in [5, 5.41) is 8.85. The highest BCUT2D eigenvalue weighted by molar-refractivity contribution is 7.19. The van der Waals surface area contributed by atoms with Gasteiger partial charge in [0, 0.05) is 6.07 Å². The molecule has 160 valence electrons. The lowest BCUT2D eigenvalue weighted by molar-refractivity contribution is -0.139. The summed E-state index contributed by atoms with van der Waals surface area (Å²) in [5.41, 5.74) is -2.38. The third kappa shape index (κ3) is 3.91. The number of thiazole rings is 1. The van der Waals surface area contributed by atoms with E-state index in [4.69, 9.17) is 9.84 Å². The minimum atomic E-state index is -4.77. The summed E-state index contributed by atoms with van der Waals surface area (Å²) < 4.78 is 46.6. The lowest BCUT2D eigenvalue weighted by atomic mass is 10.1. The Balaban J connectivity index is 1.77. The van der Waals surface area contributed by atoms with Gasteiger partial charge in [-0.1, -0.05) is 11.3 Å². The van der Waals surface area contributed by atoms with Crippen LogP contribution in [0, 0.1) is 6.92 Å². The molecule has 4 aromatic rings. The summed E-state index contributed by atoms with van der Waals surface area (Å²) in [6, 6.07) is 3.57. The van der Waals surface area contributed by atoms with Gasteiger partial charge in [0.2, 0.25) is 10.9 Å². The first-order valence-corrected chi connectivity index (χ1v) is 9.51. The fourth-order valence-corrected chi connectivity index (χ4v) is 3.70. The van der Waals surface area contributed by atoms with Gasteiger partial charge in [-0.2, -0.15) is 13.2 Å². The van der Waals surface area contributed by atoms with Gasteiger partial charge in [-0.15, -0.1) is 0 Å². The van der Waals surface area contributed by atoms with Crippen LogP contribution in [0.3, 0.4) is 0 Å². The third-order valence-electron chi connectivity index (χ3n) is 4.23. The molecule has 0 aliphatic rings. The predicted octanol–water partition coefficient (Wildman–Crippen LogP) is 3.49. The number of H-pyrrole nitrogens is 1. The molecular weight excluding hydrogens is 439 g/mol. The van der Waals surface area contributed by atoms with Crippen molar-refractivity contribution in [3.63, 3.8) is 0 Å². The molecule has 13 heteroatoms. The summed E-state index contributed by atoms with van der Waals surface area (Å²) in [6.45, 7) is 2.78. The average molecular weight is 451 g/mol. The Kier molecular flexibility index (Phi) is 4.84. The van der Waals surface area contributed by atoms with E-state index in [0.717, 1.165) is 17.4 Å². The zero-order valence-electron chi connectivity index (χ0n) is 15.8. The molecule has 0 aromatic carbocycles. The summed E-state index contributed by atoms with van der Waals surface area (Å²) in [6.07, 6.45) is -6.00. The number of pyridine rings is 2. The fourth-order valence-electron chi connectivity index (χ4n) is 2.93. The number of nitrogens with one attached hydrogen (secondary N) is 1. The van der Waals surface area contributed by atoms with Crippen LogP contribution in [0.5, 0.6) is 5.88 Å². The van der Waals surface area contributed by atoms with Gasteiger partial charge < -0.3 is 14.8 Å². The van der Waals surface area contributed by atoms with Crippen molar-refractivity contribution in [3.8, 4) is 5.88 Å². The second-order valence-electron chi connectivity index (χ2n) is 6.50. The molecule has 4 rings (SSSR count). The number of nitrogens with zero attached hydrogens (tertiary/aromatic N) is 4. The molecule has 0 radical (unpaired) electrons. The van der Waals surface area contributed by atoms with Gasteiger partial charge in [-0.05, 0) is 26.0 Å². The number of fused-ring (bicyclic) bond motifs is 2. The summed E-state index contributed by atoms with van der Waals surface area (Å²) in [4.78, 5) is 41.7. The topological polar surface area (TPSA) is 131 Å². The highest BCUT2D eigenvalue weighted by Gasteiger charge is 2.37. The summed E-state index contributed by atoms with van der Waals surface area (Å²) in [5.74, 6) is -1.11. The van der Waals surface area contributed by atoms with Gasteiger partial charge in [0.25, 0.3) is 5.56 Å². The number of hydrogen-bond acceptors (Lipinski definition) is 8. The van der Waals surface area contributed by atoms with E-state index >= 15 is 0 Å². The molecule has 0 aliphatic carbocycles. The minimum absolute atomic E-state index is 0.0495. The van der Waals surface area contributed by atoms with Crippen LogP contribution in [0.15, 0.2) is 23.0 Å². The number of carbonyl (C=O) groups is 1. The molecule has 0 aliphatic heterocycles. The van der Waals surface area contributed by atoms with Gasteiger partial charge in [0.15, 0.2) is 5.52 Å². The standard InChI is InChI=1S/C18H12F3N5O4S/c1-6(30-11-4-3-9-15(25-11)31-16(24-9)17(28)29)12-8(18(19,20)21)5-10-13(26-12)14(27)23-7(2)22-10/h3-6H,1-2H3,(H,28,29)(H,22,23,27). The van der Waals surface area contributed by atoms with E-state index in [0.29, 0.717) is 5.52 Å². The number of rotatable bonds is 4. The maximum absolute atomic E-state index is 13.7. The van der Waals surface area contributed by atoms with Crippen LogP contribution < -0.4 is 10.3 Å². The molecule has 0 amide bonds. The van der Waals surface area contributed by atoms with Gasteiger partial charge in [-0.25, -0.2) is 24.7 Å². The molecule has 1 unspecified atom stereocenters. The number of aromatic nitrogens is 5. The van der Waals surface area contributed by atoms with Crippen molar-refractivity contribution in [2.45, 2.75) is 26.1 Å². The number of carboxylic acids is 1. The van der Waals surface area contributed by atoms with E-state index in [1.54, 1.807) is 0 Å². The first-order chi connectivity index (χ1) is 14.5. The van der Waals surface area contributed by atoms with Crippen LogP contribution in [0.2, 0.25) is 0 Å². The number of aryl methyl sites for hydroxylation is 1. The molecular formula is C18H12F3N5O4S. The quantitative estimate of drug-likeness (QED) is 0.482. The predicted molar refractivity (Wildman–Crippen MR) is 103 cm³/mol. The minimum Gasteiger partial charge on any atom is -0.476 e. The van der Waals surface area contributed by atoms with E-state index in [-0.39, 0.29) is 32.6 Å². The largest absolute Gasteiger partial charge is 0.476 e. The lowest BCUT2D eigenvalue weighted by Gasteiger charge is -2.19. The Morgan fingerprint density at radius 1 is 1.19 bits per heavy atom. The molecule has 4 heterocycles. The van der Waals surface area contributed by atoms with Crippen LogP contribution in [-0.4, -0.2) is 36.0 Å². The van der Waals surface area contributed by atoms with Gasteiger partial charge >= 0.3 is 12.1 Å². The SMILES string of the molecule is Cc1nc2cc(C(F)(F)F)c(C(C)Oc3ccc4nc(C(=O)O)sc4n3)nc2c(=O)[nH]1. The van der Waals surface area contributed by atoms with Crippen LogP contribution in [0.4, 0.5) is 13.2 Å². The van der Waals surface area contributed by atoms with E-state index < -0.39 is 35.1 Å². The normalized spacial score (nSPS) is 12.9. The smallest absolute Gasteiger partial charge is 0.418 e. The zero-order valence-corrected chi connectivity index (χ0v) is 16.6. The van der Waals surface area contributed by atoms with Crippen molar-refractivity contribution in [2.24, 2.45) is 0 Å². The molecule has 9 nitrogen and oxygen atoms in total. The number of hydrogen-bond donors (Lipinski definition) is 2. The molecule has 0 saturated carbocycles. The van der Waals surface area contributed by atoms with Crippen molar-refractivity contribution >= 4 is 38.7 Å². The van der Waals surface area contributed by atoms with Crippen molar-refractivity contribution in [1.82, 2.24) is 24.9 Å². The van der Waals surface area contributed by atoms with E-state index in [9.17, 15) is 22.8 Å².